The summed E-state index contributed by atoms with van der Waals surface area (Å²) in [6, 6.07) is 9.84. The fourth-order valence-electron chi connectivity index (χ4n) is 3.36. The van der Waals surface area contributed by atoms with E-state index in [1.54, 1.807) is 11.8 Å². The number of benzene rings is 1. The summed E-state index contributed by atoms with van der Waals surface area (Å²) in [5.74, 6) is 1.69. The van der Waals surface area contributed by atoms with Crippen LogP contribution in [0.5, 0.6) is 0 Å². The van der Waals surface area contributed by atoms with Gasteiger partial charge in [0.15, 0.2) is 5.16 Å². The van der Waals surface area contributed by atoms with E-state index < -0.39 is 0 Å². The minimum absolute atomic E-state index is 0.0488. The molecular formula is C23H32N4O2S. The average Bonchev–Trinajstić information content (AvgIpc) is 3.30. The van der Waals surface area contributed by atoms with Crippen molar-refractivity contribution in [2.45, 2.75) is 56.5 Å². The van der Waals surface area contributed by atoms with Crippen molar-refractivity contribution in [2.24, 2.45) is 0 Å². The van der Waals surface area contributed by atoms with Crippen LogP contribution in [-0.4, -0.2) is 48.7 Å². The number of thioether (sulfide) groups is 1. The molecule has 0 saturated carbocycles. The van der Waals surface area contributed by atoms with Gasteiger partial charge in [-0.15, -0.1) is 0 Å². The van der Waals surface area contributed by atoms with E-state index in [2.05, 4.69) is 42.2 Å². The number of amides is 1. The van der Waals surface area contributed by atoms with Crippen LogP contribution in [0.3, 0.4) is 0 Å². The Labute approximate surface area is 183 Å². The normalized spacial score (nSPS) is 15.9. The van der Waals surface area contributed by atoms with Gasteiger partial charge in [0, 0.05) is 49.8 Å². The molecule has 2 aromatic rings. The molecule has 30 heavy (non-hydrogen) atoms. The van der Waals surface area contributed by atoms with Crippen LogP contribution >= 0.6 is 11.8 Å². The molecular weight excluding hydrogens is 396 g/mol. The van der Waals surface area contributed by atoms with E-state index in [1.165, 1.54) is 0 Å². The number of aryl methyl sites for hydroxylation is 1. The summed E-state index contributed by atoms with van der Waals surface area (Å²) < 4.78 is 5.55. The van der Waals surface area contributed by atoms with Crippen molar-refractivity contribution >= 4 is 23.5 Å². The van der Waals surface area contributed by atoms with Crippen LogP contribution in [0.25, 0.3) is 0 Å². The molecule has 1 aromatic heterocycles. The minimum atomic E-state index is -0.0488. The van der Waals surface area contributed by atoms with Gasteiger partial charge >= 0.3 is 0 Å². The number of ether oxygens (including phenoxy) is 1. The largest absolute Gasteiger partial charge is 0.376 e. The third kappa shape index (κ3) is 6.44. The van der Waals surface area contributed by atoms with Crippen molar-refractivity contribution in [3.8, 4) is 0 Å². The van der Waals surface area contributed by atoms with Crippen molar-refractivity contribution in [3.05, 3.63) is 47.2 Å². The molecule has 0 aliphatic carbocycles. The van der Waals surface area contributed by atoms with Crippen LogP contribution in [0.1, 0.15) is 54.7 Å². The lowest BCUT2D eigenvalue weighted by Gasteiger charge is -2.18. The molecule has 6 nitrogen and oxygen atoms in total. The van der Waals surface area contributed by atoms with Crippen LogP contribution in [0.4, 0.5) is 5.82 Å². The van der Waals surface area contributed by atoms with Gasteiger partial charge in [-0.25, -0.2) is 9.97 Å². The topological polar surface area (TPSA) is 67.4 Å². The van der Waals surface area contributed by atoms with E-state index in [0.29, 0.717) is 12.1 Å². The number of nitrogens with zero attached hydrogens (tertiary/aromatic N) is 3. The van der Waals surface area contributed by atoms with E-state index in [4.69, 9.17) is 9.72 Å². The summed E-state index contributed by atoms with van der Waals surface area (Å²) in [5.41, 5.74) is 2.88. The summed E-state index contributed by atoms with van der Waals surface area (Å²) in [7, 11) is 2.07. The number of hydrogen-bond acceptors (Lipinski definition) is 6. The predicted octanol–water partition coefficient (Wildman–Crippen LogP) is 4.09. The second-order valence-corrected chi connectivity index (χ2v) is 8.55. The number of rotatable bonds is 10. The van der Waals surface area contributed by atoms with Crippen molar-refractivity contribution in [1.29, 1.82) is 0 Å². The third-order valence-electron chi connectivity index (χ3n) is 5.16. The molecule has 1 aliphatic heterocycles. The monoisotopic (exact) mass is 428 g/mol. The first-order chi connectivity index (χ1) is 14.6. The first kappa shape index (κ1) is 22.6. The molecule has 0 bridgehead atoms. The molecule has 1 aromatic carbocycles. The lowest BCUT2D eigenvalue weighted by molar-refractivity contribution is 0.0858. The second-order valence-electron chi connectivity index (χ2n) is 7.61. The number of nitrogens with one attached hydrogen (secondary N) is 1. The summed E-state index contributed by atoms with van der Waals surface area (Å²) in [6.45, 7) is 6.63. The Morgan fingerprint density at radius 1 is 1.27 bits per heavy atom. The Balaban J connectivity index is 1.56. The highest BCUT2D eigenvalue weighted by Gasteiger charge is 2.16. The zero-order valence-electron chi connectivity index (χ0n) is 18.2. The maximum Gasteiger partial charge on any atom is 0.251 e. The molecule has 1 atom stereocenters. The number of hydrogen-bond donors (Lipinski definition) is 1. The molecule has 0 unspecified atom stereocenters. The van der Waals surface area contributed by atoms with E-state index in [-0.39, 0.29) is 12.0 Å². The third-order valence-corrected chi connectivity index (χ3v) is 6.07. The van der Waals surface area contributed by atoms with E-state index in [0.717, 1.165) is 66.8 Å². The van der Waals surface area contributed by atoms with E-state index in [9.17, 15) is 4.79 Å². The van der Waals surface area contributed by atoms with Crippen LogP contribution in [0.2, 0.25) is 0 Å². The molecule has 1 fully saturated rings. The van der Waals surface area contributed by atoms with E-state index in [1.807, 2.05) is 24.3 Å². The van der Waals surface area contributed by atoms with Gasteiger partial charge in [0.25, 0.3) is 5.91 Å². The quantitative estimate of drug-likeness (QED) is 0.454. The summed E-state index contributed by atoms with van der Waals surface area (Å²) >= 11 is 1.63. The Kier molecular flexibility index (Phi) is 8.51. The van der Waals surface area contributed by atoms with Gasteiger partial charge in [-0.3, -0.25) is 4.79 Å². The van der Waals surface area contributed by atoms with E-state index >= 15 is 0 Å². The fourth-order valence-corrected chi connectivity index (χ4v) is 4.19. The number of carbonyl (C=O) groups is 1. The lowest BCUT2D eigenvalue weighted by atomic mass is 10.1. The van der Waals surface area contributed by atoms with Gasteiger partial charge in [-0.05, 0) is 43.4 Å². The summed E-state index contributed by atoms with van der Waals surface area (Å²) in [4.78, 5) is 23.9. The van der Waals surface area contributed by atoms with Crippen molar-refractivity contribution in [1.82, 2.24) is 15.3 Å². The van der Waals surface area contributed by atoms with Crippen LogP contribution in [0.15, 0.2) is 35.5 Å². The number of anilines is 1. The minimum Gasteiger partial charge on any atom is -0.376 e. The SMILES string of the molecule is CCCN(C)c1cc(CC)nc(SCc2ccc(C(=O)NC[C@@H]3CCCO3)cc2)n1. The molecule has 0 spiro atoms. The van der Waals surface area contributed by atoms with Crippen LogP contribution in [-0.2, 0) is 16.9 Å². The zero-order valence-corrected chi connectivity index (χ0v) is 19.0. The molecule has 1 N–H and O–H groups in total. The molecule has 1 amide bonds. The maximum atomic E-state index is 12.3. The van der Waals surface area contributed by atoms with Gasteiger partial charge in [-0.2, -0.15) is 0 Å². The smallest absolute Gasteiger partial charge is 0.251 e. The molecule has 2 heterocycles. The number of aromatic nitrogens is 2. The number of carbonyl (C=O) groups excluding carboxylic acids is 1. The standard InChI is InChI=1S/C23H32N4O2S/c1-4-12-27(3)21-14-19(5-2)25-23(26-21)30-16-17-8-10-18(11-9-17)22(28)24-15-20-7-6-13-29-20/h8-11,14,20H,4-7,12-13,15-16H2,1-3H3,(H,24,28)/t20-/m0/s1. The van der Waals surface area contributed by atoms with Gasteiger partial charge in [0.05, 0.1) is 6.10 Å². The highest BCUT2D eigenvalue weighted by atomic mass is 32.2. The van der Waals surface area contributed by atoms with Crippen molar-refractivity contribution in [2.75, 3.05) is 31.6 Å². The Hall–Kier alpha value is -2.12. The summed E-state index contributed by atoms with van der Waals surface area (Å²) in [5, 5.41) is 3.76. The molecule has 7 heteroatoms. The Bertz CT molecular complexity index is 822. The highest BCUT2D eigenvalue weighted by Crippen LogP contribution is 2.23. The predicted molar refractivity (Wildman–Crippen MR) is 122 cm³/mol. The van der Waals surface area contributed by atoms with Gasteiger partial charge in [0.1, 0.15) is 5.82 Å². The highest BCUT2D eigenvalue weighted by molar-refractivity contribution is 7.98. The lowest BCUT2D eigenvalue weighted by Crippen LogP contribution is -2.31. The van der Waals surface area contributed by atoms with Crippen LogP contribution < -0.4 is 10.2 Å². The first-order valence-electron chi connectivity index (χ1n) is 10.8. The molecule has 0 radical (unpaired) electrons. The Morgan fingerprint density at radius 2 is 2.07 bits per heavy atom. The second kappa shape index (κ2) is 11.3. The molecule has 1 saturated heterocycles. The van der Waals surface area contributed by atoms with Gasteiger partial charge < -0.3 is 15.0 Å². The summed E-state index contributed by atoms with van der Waals surface area (Å²) in [6.07, 6.45) is 4.23. The molecule has 1 aliphatic rings. The van der Waals surface area contributed by atoms with Gasteiger partial charge in [-0.1, -0.05) is 37.7 Å². The zero-order chi connectivity index (χ0) is 21.3. The molecule has 3 rings (SSSR count). The molecule has 162 valence electrons. The average molecular weight is 429 g/mol. The van der Waals surface area contributed by atoms with Crippen LogP contribution in [0, 0.1) is 0 Å². The fraction of sp³-hybridized carbons (Fsp3) is 0.522. The van der Waals surface area contributed by atoms with Gasteiger partial charge in [0.2, 0.25) is 0 Å². The maximum absolute atomic E-state index is 12.3. The Morgan fingerprint density at radius 3 is 2.73 bits per heavy atom. The first-order valence-corrected chi connectivity index (χ1v) is 11.8. The van der Waals surface area contributed by atoms with Crippen molar-refractivity contribution < 1.29 is 9.53 Å². The van der Waals surface area contributed by atoms with Crippen molar-refractivity contribution in [3.63, 3.8) is 0 Å².